The van der Waals surface area contributed by atoms with Crippen molar-refractivity contribution in [2.24, 2.45) is 0 Å². The summed E-state index contributed by atoms with van der Waals surface area (Å²) in [6.07, 6.45) is -0.486. The van der Waals surface area contributed by atoms with Gasteiger partial charge in [0.2, 0.25) is 0 Å². The number of halogens is 1. The number of aromatic amines is 1. The second-order valence-electron chi connectivity index (χ2n) is 4.49. The van der Waals surface area contributed by atoms with E-state index < -0.39 is 41.2 Å². The topological polar surface area (TPSA) is 105 Å². The van der Waals surface area contributed by atoms with Gasteiger partial charge in [-0.05, 0) is 6.42 Å². The van der Waals surface area contributed by atoms with Crippen molar-refractivity contribution < 1.29 is 14.9 Å². The van der Waals surface area contributed by atoms with Crippen molar-refractivity contribution in [3.8, 4) is 0 Å². The number of aliphatic hydroxyl groups is 2. The molecule has 1 saturated heterocycles. The Bertz CT molecular complexity index is 565. The first-order valence-electron chi connectivity index (χ1n) is 5.87. The van der Waals surface area contributed by atoms with Gasteiger partial charge in [-0.2, -0.15) is 0 Å². The number of alkyl halides is 1. The first-order chi connectivity index (χ1) is 8.95. The lowest BCUT2D eigenvalue weighted by Gasteiger charge is -2.28. The van der Waals surface area contributed by atoms with Gasteiger partial charge in [-0.15, -0.1) is 11.6 Å². The third-order valence-electron chi connectivity index (χ3n) is 3.46. The Morgan fingerprint density at radius 2 is 2.26 bits per heavy atom. The van der Waals surface area contributed by atoms with Gasteiger partial charge in [0, 0.05) is 12.3 Å². The van der Waals surface area contributed by atoms with E-state index in [2.05, 4.69) is 4.98 Å². The summed E-state index contributed by atoms with van der Waals surface area (Å²) in [5.41, 5.74) is -2.41. The first kappa shape index (κ1) is 14.3. The van der Waals surface area contributed by atoms with Crippen LogP contribution in [0.3, 0.4) is 0 Å². The summed E-state index contributed by atoms with van der Waals surface area (Å²) < 4.78 is 6.68. The highest BCUT2D eigenvalue weighted by atomic mass is 35.5. The van der Waals surface area contributed by atoms with Crippen LogP contribution in [-0.2, 0) is 4.74 Å². The maximum absolute atomic E-state index is 11.7. The third kappa shape index (κ3) is 2.23. The van der Waals surface area contributed by atoms with E-state index in [0.29, 0.717) is 6.42 Å². The highest BCUT2D eigenvalue weighted by molar-refractivity contribution is 6.21. The number of rotatable bonds is 3. The van der Waals surface area contributed by atoms with Gasteiger partial charge in [-0.1, -0.05) is 6.92 Å². The van der Waals surface area contributed by atoms with Crippen molar-refractivity contribution >= 4 is 11.6 Å². The van der Waals surface area contributed by atoms with E-state index in [1.54, 1.807) is 6.92 Å². The van der Waals surface area contributed by atoms with E-state index in [1.807, 2.05) is 0 Å². The summed E-state index contributed by atoms with van der Waals surface area (Å²) in [7, 11) is 0. The number of nitrogens with one attached hydrogen (secondary N) is 1. The standard InChI is InChI=1S/C11H15ClN2O5/c1-2-11(5-15)8(17)7(12)9(19-11)14-4-3-6(16)13-10(14)18/h3-4,7-9,15,17H,2,5H2,1H3,(H,13,16,18)/t7-,8+,9?,11-/m1/s1. The van der Waals surface area contributed by atoms with Crippen LogP contribution in [0, 0.1) is 0 Å². The molecule has 0 radical (unpaired) electrons. The fourth-order valence-corrected chi connectivity index (χ4v) is 2.60. The van der Waals surface area contributed by atoms with Gasteiger partial charge in [-0.25, -0.2) is 4.79 Å². The van der Waals surface area contributed by atoms with Crippen molar-refractivity contribution in [2.75, 3.05) is 6.61 Å². The molecule has 0 aromatic carbocycles. The number of hydrogen-bond acceptors (Lipinski definition) is 5. The molecule has 8 heteroatoms. The SMILES string of the molecule is CC[C@]1(CO)OC(n2ccc(=O)[nH]c2=O)[C@H](Cl)[C@@H]1O. The zero-order chi connectivity index (χ0) is 14.2. The van der Waals surface area contributed by atoms with Gasteiger partial charge in [-0.3, -0.25) is 14.3 Å². The summed E-state index contributed by atoms with van der Waals surface area (Å²) >= 11 is 6.08. The molecule has 0 saturated carbocycles. The third-order valence-corrected chi connectivity index (χ3v) is 3.91. The molecule has 0 amide bonds. The minimum Gasteiger partial charge on any atom is -0.393 e. The Kier molecular flexibility index (Phi) is 3.82. The number of aliphatic hydroxyl groups excluding tert-OH is 2. The summed E-state index contributed by atoms with van der Waals surface area (Å²) in [6.45, 7) is 1.32. The molecule has 0 aliphatic carbocycles. The molecule has 4 atom stereocenters. The molecular formula is C11H15ClN2O5. The molecule has 1 aliphatic heterocycles. The van der Waals surface area contributed by atoms with Crippen LogP contribution in [0.4, 0.5) is 0 Å². The average Bonchev–Trinajstić information content (AvgIpc) is 2.64. The lowest BCUT2D eigenvalue weighted by molar-refractivity contribution is -0.130. The van der Waals surface area contributed by atoms with Crippen LogP contribution in [0.25, 0.3) is 0 Å². The number of aromatic nitrogens is 2. The second-order valence-corrected chi connectivity index (χ2v) is 5.00. The van der Waals surface area contributed by atoms with Crippen molar-refractivity contribution in [1.82, 2.24) is 9.55 Å². The van der Waals surface area contributed by atoms with Gasteiger partial charge >= 0.3 is 5.69 Å². The van der Waals surface area contributed by atoms with E-state index >= 15 is 0 Å². The molecule has 106 valence electrons. The largest absolute Gasteiger partial charge is 0.393 e. The first-order valence-corrected chi connectivity index (χ1v) is 6.31. The Morgan fingerprint density at radius 3 is 2.74 bits per heavy atom. The summed E-state index contributed by atoms with van der Waals surface area (Å²) in [5.74, 6) is 0. The molecule has 7 nitrogen and oxygen atoms in total. The van der Waals surface area contributed by atoms with Crippen molar-refractivity contribution in [2.45, 2.75) is 36.7 Å². The molecule has 1 unspecified atom stereocenters. The van der Waals surface area contributed by atoms with Crippen LogP contribution < -0.4 is 11.2 Å². The molecule has 19 heavy (non-hydrogen) atoms. The van der Waals surface area contributed by atoms with Crippen LogP contribution in [0.5, 0.6) is 0 Å². The fraction of sp³-hybridized carbons (Fsp3) is 0.636. The Labute approximate surface area is 113 Å². The lowest BCUT2D eigenvalue weighted by atomic mass is 9.94. The molecule has 3 N–H and O–H groups in total. The van der Waals surface area contributed by atoms with Gasteiger partial charge < -0.3 is 14.9 Å². The number of H-pyrrole nitrogens is 1. The minimum atomic E-state index is -1.20. The van der Waals surface area contributed by atoms with Crippen molar-refractivity contribution in [3.63, 3.8) is 0 Å². The predicted molar refractivity (Wildman–Crippen MR) is 67.2 cm³/mol. The molecule has 1 fully saturated rings. The predicted octanol–water partition coefficient (Wildman–Crippen LogP) is -0.825. The summed E-state index contributed by atoms with van der Waals surface area (Å²) in [6, 6.07) is 1.16. The normalized spacial score (nSPS) is 34.6. The lowest BCUT2D eigenvalue weighted by Crippen LogP contribution is -2.44. The quantitative estimate of drug-likeness (QED) is 0.631. The zero-order valence-corrected chi connectivity index (χ0v) is 11.0. The Hall–Kier alpha value is -1.15. The Balaban J connectivity index is 2.42. The maximum Gasteiger partial charge on any atom is 0.330 e. The molecular weight excluding hydrogens is 276 g/mol. The van der Waals surface area contributed by atoms with Crippen molar-refractivity contribution in [3.05, 3.63) is 33.1 Å². The molecule has 0 bridgehead atoms. The Morgan fingerprint density at radius 1 is 1.58 bits per heavy atom. The van der Waals surface area contributed by atoms with E-state index in [1.165, 1.54) is 6.20 Å². The number of nitrogens with zero attached hydrogens (tertiary/aromatic N) is 1. The highest BCUT2D eigenvalue weighted by Gasteiger charge is 2.53. The summed E-state index contributed by atoms with van der Waals surface area (Å²) in [4.78, 5) is 24.8. The van der Waals surface area contributed by atoms with Gasteiger partial charge in [0.05, 0.1) is 6.61 Å². The number of hydrogen-bond donors (Lipinski definition) is 3. The average molecular weight is 291 g/mol. The van der Waals surface area contributed by atoms with Crippen LogP contribution in [-0.4, -0.2) is 43.5 Å². The van der Waals surface area contributed by atoms with Crippen LogP contribution >= 0.6 is 11.6 Å². The van der Waals surface area contributed by atoms with E-state index in [0.717, 1.165) is 10.6 Å². The molecule has 1 aromatic rings. The van der Waals surface area contributed by atoms with Crippen molar-refractivity contribution in [1.29, 1.82) is 0 Å². The minimum absolute atomic E-state index is 0.336. The highest BCUT2D eigenvalue weighted by Crippen LogP contribution is 2.41. The van der Waals surface area contributed by atoms with Gasteiger partial charge in [0.25, 0.3) is 5.56 Å². The molecule has 2 heterocycles. The molecule has 2 rings (SSSR count). The van der Waals surface area contributed by atoms with Gasteiger partial charge in [0.1, 0.15) is 17.1 Å². The molecule has 0 spiro atoms. The molecule has 1 aliphatic rings. The smallest absolute Gasteiger partial charge is 0.330 e. The molecule has 1 aromatic heterocycles. The zero-order valence-electron chi connectivity index (χ0n) is 10.2. The second kappa shape index (κ2) is 5.09. The summed E-state index contributed by atoms with van der Waals surface area (Å²) in [5, 5.41) is 18.6. The van der Waals surface area contributed by atoms with Crippen LogP contribution in [0.2, 0.25) is 0 Å². The monoisotopic (exact) mass is 290 g/mol. The van der Waals surface area contributed by atoms with Crippen LogP contribution in [0.15, 0.2) is 21.9 Å². The van der Waals surface area contributed by atoms with E-state index in [9.17, 15) is 19.8 Å². The van der Waals surface area contributed by atoms with Gasteiger partial charge in [0.15, 0.2) is 6.23 Å². The number of ether oxygens (including phenoxy) is 1. The maximum atomic E-state index is 11.7. The van der Waals surface area contributed by atoms with Crippen LogP contribution in [0.1, 0.15) is 19.6 Å². The fourth-order valence-electron chi connectivity index (χ4n) is 2.19. The van der Waals surface area contributed by atoms with E-state index in [-0.39, 0.29) is 0 Å². The van der Waals surface area contributed by atoms with E-state index in [4.69, 9.17) is 16.3 Å².